The minimum Gasteiger partial charge on any atom is -0.258 e. The summed E-state index contributed by atoms with van der Waals surface area (Å²) in [6.07, 6.45) is 0. The van der Waals surface area contributed by atoms with Crippen LogP contribution in [0.4, 0.5) is 5.69 Å². The van der Waals surface area contributed by atoms with Crippen LogP contribution >= 0.6 is 27.7 Å². The molecule has 126 valence electrons. The molecule has 0 spiro atoms. The molecule has 0 amide bonds. The Morgan fingerprint density at radius 2 is 1.75 bits per heavy atom. The molecule has 24 heavy (non-hydrogen) atoms. The van der Waals surface area contributed by atoms with E-state index in [1.165, 1.54) is 28.2 Å². The molecule has 2 aromatic rings. The van der Waals surface area contributed by atoms with Gasteiger partial charge in [0.05, 0.1) is 15.2 Å². The van der Waals surface area contributed by atoms with E-state index in [0.29, 0.717) is 12.3 Å². The fraction of sp³-hybridized carbons (Fsp3) is 0.200. The fourth-order valence-electron chi connectivity index (χ4n) is 2.47. The van der Waals surface area contributed by atoms with E-state index in [-0.39, 0.29) is 16.0 Å². The Kier molecular flexibility index (Phi) is 4.95. The third-order valence-electron chi connectivity index (χ3n) is 3.66. The minimum atomic E-state index is -3.62. The van der Waals surface area contributed by atoms with Crippen molar-refractivity contribution in [3.05, 3.63) is 68.7 Å². The SMILES string of the molecule is O=[N+]([O-])c1ccc(C2SCCN2S(=O)(=O)c2ccc(Br)cc2)cc1. The standard InChI is InChI=1S/C15H13BrN2O4S2/c16-12-3-7-14(8-4-12)24(21,22)17-9-10-23-15(17)11-1-5-13(6-2-11)18(19)20/h1-8,15H,9-10H2. The van der Waals surface area contributed by atoms with Gasteiger partial charge in [-0.1, -0.05) is 15.9 Å². The summed E-state index contributed by atoms with van der Waals surface area (Å²) in [6, 6.07) is 12.5. The van der Waals surface area contributed by atoms with E-state index >= 15 is 0 Å². The van der Waals surface area contributed by atoms with E-state index in [1.807, 2.05) is 0 Å². The number of thioether (sulfide) groups is 1. The zero-order valence-electron chi connectivity index (χ0n) is 12.3. The number of rotatable bonds is 4. The number of hydrogen-bond acceptors (Lipinski definition) is 5. The van der Waals surface area contributed by atoms with Crippen LogP contribution in [0.1, 0.15) is 10.9 Å². The van der Waals surface area contributed by atoms with Crippen LogP contribution in [0.25, 0.3) is 0 Å². The average Bonchev–Trinajstić information content (AvgIpc) is 3.06. The zero-order valence-corrected chi connectivity index (χ0v) is 15.6. The molecule has 1 saturated heterocycles. The van der Waals surface area contributed by atoms with E-state index in [2.05, 4.69) is 15.9 Å². The maximum absolute atomic E-state index is 12.9. The number of benzene rings is 2. The van der Waals surface area contributed by atoms with E-state index in [9.17, 15) is 18.5 Å². The second kappa shape index (κ2) is 6.83. The second-order valence-electron chi connectivity index (χ2n) is 5.14. The number of nitro benzene ring substituents is 1. The number of nitro groups is 1. The first-order valence-electron chi connectivity index (χ1n) is 7.03. The Hall–Kier alpha value is -1.42. The maximum Gasteiger partial charge on any atom is 0.269 e. The van der Waals surface area contributed by atoms with E-state index in [4.69, 9.17) is 0 Å². The van der Waals surface area contributed by atoms with Gasteiger partial charge < -0.3 is 0 Å². The van der Waals surface area contributed by atoms with Gasteiger partial charge in [0.2, 0.25) is 10.0 Å². The van der Waals surface area contributed by atoms with Gasteiger partial charge in [-0.25, -0.2) is 8.42 Å². The summed E-state index contributed by atoms with van der Waals surface area (Å²) in [7, 11) is -3.62. The van der Waals surface area contributed by atoms with E-state index in [1.54, 1.807) is 36.4 Å². The van der Waals surface area contributed by atoms with Crippen molar-refractivity contribution in [2.45, 2.75) is 10.3 Å². The molecule has 0 aromatic heterocycles. The highest BCUT2D eigenvalue weighted by molar-refractivity contribution is 9.10. The van der Waals surface area contributed by atoms with Crippen LogP contribution in [0.3, 0.4) is 0 Å². The van der Waals surface area contributed by atoms with Gasteiger partial charge in [0.25, 0.3) is 5.69 Å². The molecule has 1 atom stereocenters. The molecule has 1 heterocycles. The molecule has 0 aliphatic carbocycles. The summed E-state index contributed by atoms with van der Waals surface area (Å²) in [6.45, 7) is 0.407. The highest BCUT2D eigenvalue weighted by Gasteiger charge is 2.36. The number of hydrogen-bond donors (Lipinski definition) is 0. The quantitative estimate of drug-likeness (QED) is 0.546. The number of nitrogens with zero attached hydrogens (tertiary/aromatic N) is 2. The van der Waals surface area contributed by atoms with Crippen molar-refractivity contribution in [1.82, 2.24) is 4.31 Å². The van der Waals surface area contributed by atoms with Crippen molar-refractivity contribution in [2.75, 3.05) is 12.3 Å². The van der Waals surface area contributed by atoms with Crippen LogP contribution in [0.5, 0.6) is 0 Å². The Balaban J connectivity index is 1.92. The molecule has 0 N–H and O–H groups in total. The molecule has 0 bridgehead atoms. The Morgan fingerprint density at radius 3 is 2.33 bits per heavy atom. The molecule has 1 aliphatic heterocycles. The summed E-state index contributed by atoms with van der Waals surface area (Å²) in [4.78, 5) is 10.5. The first kappa shape index (κ1) is 17.4. The zero-order chi connectivity index (χ0) is 17.3. The van der Waals surface area contributed by atoms with E-state index in [0.717, 1.165) is 10.0 Å². The van der Waals surface area contributed by atoms with Gasteiger partial charge in [0.15, 0.2) is 0 Å². The van der Waals surface area contributed by atoms with Gasteiger partial charge in [-0.3, -0.25) is 10.1 Å². The minimum absolute atomic E-state index is 0.0101. The normalized spacial score (nSPS) is 18.6. The van der Waals surface area contributed by atoms with Crippen molar-refractivity contribution < 1.29 is 13.3 Å². The Bertz CT molecular complexity index is 854. The van der Waals surface area contributed by atoms with Crippen LogP contribution in [0.15, 0.2) is 57.9 Å². The second-order valence-corrected chi connectivity index (χ2v) is 9.14. The van der Waals surface area contributed by atoms with Gasteiger partial charge in [-0.15, -0.1) is 11.8 Å². The third kappa shape index (κ3) is 3.34. The first-order valence-corrected chi connectivity index (χ1v) is 10.3. The Labute approximate surface area is 152 Å². The largest absolute Gasteiger partial charge is 0.269 e. The topological polar surface area (TPSA) is 80.5 Å². The van der Waals surface area contributed by atoms with Gasteiger partial charge in [-0.05, 0) is 42.0 Å². The molecular weight excluding hydrogens is 416 g/mol. The van der Waals surface area contributed by atoms with Crippen LogP contribution in [-0.2, 0) is 10.0 Å². The van der Waals surface area contributed by atoms with Crippen LogP contribution < -0.4 is 0 Å². The third-order valence-corrected chi connectivity index (χ3v) is 7.46. The average molecular weight is 429 g/mol. The summed E-state index contributed by atoms with van der Waals surface area (Å²) < 4.78 is 28.0. The lowest BCUT2D eigenvalue weighted by molar-refractivity contribution is -0.384. The highest BCUT2D eigenvalue weighted by Crippen LogP contribution is 2.41. The summed E-state index contributed by atoms with van der Waals surface area (Å²) in [5.41, 5.74) is 0.729. The van der Waals surface area contributed by atoms with Crippen molar-refractivity contribution in [3.8, 4) is 0 Å². The van der Waals surface area contributed by atoms with Crippen LogP contribution in [-0.4, -0.2) is 29.9 Å². The van der Waals surface area contributed by atoms with Gasteiger partial charge in [0.1, 0.15) is 0 Å². The highest BCUT2D eigenvalue weighted by atomic mass is 79.9. The first-order chi connectivity index (χ1) is 11.4. The van der Waals surface area contributed by atoms with Crippen LogP contribution in [0, 0.1) is 10.1 Å². The molecule has 1 fully saturated rings. The van der Waals surface area contributed by atoms with Gasteiger partial charge >= 0.3 is 0 Å². The summed E-state index contributed by atoms with van der Waals surface area (Å²) in [5.74, 6) is 0.678. The van der Waals surface area contributed by atoms with Gasteiger partial charge in [-0.2, -0.15) is 4.31 Å². The summed E-state index contributed by atoms with van der Waals surface area (Å²) in [5, 5.41) is 10.4. The molecule has 3 rings (SSSR count). The molecule has 6 nitrogen and oxygen atoms in total. The fourth-order valence-corrected chi connectivity index (χ4v) is 5.97. The van der Waals surface area contributed by atoms with Crippen molar-refractivity contribution in [2.24, 2.45) is 0 Å². The molecule has 0 radical (unpaired) electrons. The number of non-ortho nitro benzene ring substituents is 1. The van der Waals surface area contributed by atoms with Crippen molar-refractivity contribution in [1.29, 1.82) is 0 Å². The molecule has 9 heteroatoms. The molecule has 1 unspecified atom stereocenters. The van der Waals surface area contributed by atoms with Crippen molar-refractivity contribution >= 4 is 43.4 Å². The predicted molar refractivity (Wildman–Crippen MR) is 96.3 cm³/mol. The maximum atomic E-state index is 12.9. The number of sulfonamides is 1. The van der Waals surface area contributed by atoms with Crippen molar-refractivity contribution in [3.63, 3.8) is 0 Å². The molecule has 0 saturated carbocycles. The lowest BCUT2D eigenvalue weighted by atomic mass is 10.2. The lowest BCUT2D eigenvalue weighted by Crippen LogP contribution is -2.30. The molecular formula is C15H13BrN2O4S2. The van der Waals surface area contributed by atoms with Crippen LogP contribution in [0.2, 0.25) is 0 Å². The lowest BCUT2D eigenvalue weighted by Gasteiger charge is -2.23. The van der Waals surface area contributed by atoms with Gasteiger partial charge in [0, 0.05) is 28.9 Å². The smallest absolute Gasteiger partial charge is 0.258 e. The predicted octanol–water partition coefficient (Wildman–Crippen LogP) is 3.79. The monoisotopic (exact) mass is 428 g/mol. The molecule has 1 aliphatic rings. The number of halogens is 1. The van der Waals surface area contributed by atoms with E-state index < -0.39 is 14.9 Å². The summed E-state index contributed by atoms with van der Waals surface area (Å²) >= 11 is 4.81. The molecule has 2 aromatic carbocycles. The Morgan fingerprint density at radius 1 is 1.12 bits per heavy atom.